The summed E-state index contributed by atoms with van der Waals surface area (Å²) < 4.78 is 64.7. The molecule has 1 unspecified atom stereocenters. The monoisotopic (exact) mass is 560 g/mol. The molecule has 0 bridgehead atoms. The maximum Gasteiger partial charge on any atom is 0.472 e. The first-order valence-corrected chi connectivity index (χ1v) is 14.2. The Morgan fingerprint density at radius 1 is 0.973 bits per heavy atom. The summed E-state index contributed by atoms with van der Waals surface area (Å²) in [6.45, 7) is 4.25. The summed E-state index contributed by atoms with van der Waals surface area (Å²) in [6, 6.07) is 11.0. The van der Waals surface area contributed by atoms with Crippen molar-refractivity contribution in [3.63, 3.8) is 0 Å². The molecule has 2 amide bonds. The van der Waals surface area contributed by atoms with E-state index in [-0.39, 0.29) is 27.9 Å². The number of alkyl halides is 3. The van der Waals surface area contributed by atoms with E-state index < -0.39 is 22.1 Å². The van der Waals surface area contributed by atoms with E-state index in [1.165, 1.54) is 67.2 Å². The minimum Gasteiger partial charge on any atom is -0.325 e. The quantitative estimate of drug-likeness (QED) is 0.179. The molecule has 0 heterocycles. The van der Waals surface area contributed by atoms with E-state index in [4.69, 9.17) is 0 Å². The van der Waals surface area contributed by atoms with Crippen molar-refractivity contribution in [2.75, 3.05) is 21.2 Å². The highest BCUT2D eigenvalue weighted by atomic mass is 32.2. The number of unbranched alkanes of at least 4 members (excludes halogenated alkanes) is 3. The number of carbonyl (C=O) groups excluding carboxylic acids is 2. The largest absolute Gasteiger partial charge is 0.472 e. The van der Waals surface area contributed by atoms with Gasteiger partial charge in [0.05, 0.1) is 16.3 Å². The van der Waals surface area contributed by atoms with Gasteiger partial charge in [0.1, 0.15) is 0 Å². The number of rotatable bonds is 14. The van der Waals surface area contributed by atoms with Crippen molar-refractivity contribution >= 4 is 50.7 Å². The molecule has 0 aliphatic carbocycles. The number of hydrogen-bond acceptors (Lipinski definition) is 6. The van der Waals surface area contributed by atoms with Crippen molar-refractivity contribution in [1.82, 2.24) is 5.43 Å². The Morgan fingerprint density at radius 3 is 2.30 bits per heavy atom. The third kappa shape index (κ3) is 10.9. The van der Waals surface area contributed by atoms with Crippen LogP contribution in [0.4, 0.5) is 30.2 Å². The Hall–Kier alpha value is -2.93. The summed E-state index contributed by atoms with van der Waals surface area (Å²) in [5.41, 5.74) is 4.18. The maximum absolute atomic E-state index is 12.8. The summed E-state index contributed by atoms with van der Waals surface area (Å²) >= 11 is 1.55. The number of carbonyl (C=O) groups is 2. The fraction of sp³-hybridized carbons (Fsp3) is 0.417. The fourth-order valence-corrected chi connectivity index (χ4v) is 5.08. The molecule has 13 heteroatoms. The summed E-state index contributed by atoms with van der Waals surface area (Å²) in [5.74, 6) is -2.14. The smallest absolute Gasteiger partial charge is 0.325 e. The van der Waals surface area contributed by atoms with Gasteiger partial charge in [0.15, 0.2) is 0 Å². The number of anilines is 3. The van der Waals surface area contributed by atoms with Crippen LogP contribution in [0.1, 0.15) is 46.0 Å². The van der Waals surface area contributed by atoms with Crippen LogP contribution < -0.4 is 20.9 Å². The number of amides is 2. The lowest BCUT2D eigenvalue weighted by Gasteiger charge is -2.13. The van der Waals surface area contributed by atoms with Gasteiger partial charge in [-0.3, -0.25) is 25.2 Å². The predicted octanol–water partition coefficient (Wildman–Crippen LogP) is 5.52. The van der Waals surface area contributed by atoms with E-state index in [2.05, 4.69) is 29.3 Å². The van der Waals surface area contributed by atoms with Gasteiger partial charge >= 0.3 is 12.1 Å². The molecule has 37 heavy (non-hydrogen) atoms. The van der Waals surface area contributed by atoms with Gasteiger partial charge in [-0.15, -0.1) is 11.8 Å². The average Bonchev–Trinajstić information content (AvgIpc) is 2.84. The molecule has 0 aliphatic heterocycles. The molecule has 0 fully saturated rings. The molecule has 4 N–H and O–H groups in total. The van der Waals surface area contributed by atoms with E-state index in [1.54, 1.807) is 17.8 Å². The second kappa shape index (κ2) is 14.1. The van der Waals surface area contributed by atoms with Gasteiger partial charge < -0.3 is 5.32 Å². The molecule has 0 aromatic heterocycles. The zero-order chi connectivity index (χ0) is 27.5. The molecule has 0 aliphatic rings. The van der Waals surface area contributed by atoms with Crippen molar-refractivity contribution in [1.29, 1.82) is 0 Å². The number of benzene rings is 2. The minimum atomic E-state index is -5.04. The third-order valence-corrected chi connectivity index (χ3v) is 7.72. The van der Waals surface area contributed by atoms with Crippen LogP contribution in [-0.4, -0.2) is 37.4 Å². The molecule has 2 aromatic rings. The lowest BCUT2D eigenvalue weighted by molar-refractivity contribution is -0.173. The van der Waals surface area contributed by atoms with Crippen LogP contribution in [0.5, 0.6) is 0 Å². The molecule has 0 saturated heterocycles. The Labute approximate surface area is 219 Å². The molecule has 204 valence electrons. The fourth-order valence-electron chi connectivity index (χ4n) is 3.13. The minimum absolute atomic E-state index is 0.0816. The van der Waals surface area contributed by atoms with Gasteiger partial charge in [0.2, 0.25) is 5.91 Å². The van der Waals surface area contributed by atoms with E-state index >= 15 is 0 Å². The van der Waals surface area contributed by atoms with Crippen LogP contribution in [0.15, 0.2) is 53.4 Å². The van der Waals surface area contributed by atoms with E-state index in [1.807, 2.05) is 0 Å². The molecule has 2 aromatic carbocycles. The molecule has 2 rings (SSSR count). The Morgan fingerprint density at radius 2 is 1.65 bits per heavy atom. The number of halogens is 3. The van der Waals surface area contributed by atoms with E-state index in [0.29, 0.717) is 10.9 Å². The van der Waals surface area contributed by atoms with Crippen molar-refractivity contribution in [3.05, 3.63) is 48.5 Å². The zero-order valence-corrected chi connectivity index (χ0v) is 22.2. The van der Waals surface area contributed by atoms with Gasteiger partial charge in [0.25, 0.3) is 10.0 Å². The molecule has 0 radical (unpaired) electrons. The highest BCUT2D eigenvalue weighted by Crippen LogP contribution is 2.22. The molecular weight excluding hydrogens is 529 g/mol. The zero-order valence-electron chi connectivity index (χ0n) is 20.5. The predicted molar refractivity (Wildman–Crippen MR) is 141 cm³/mol. The van der Waals surface area contributed by atoms with Crippen molar-refractivity contribution in [3.8, 4) is 0 Å². The standard InChI is InChI=1S/C24H31F3N4O4S2/c1-3-4-5-6-8-17(2)36-16-22(32)28-20-9-7-10-21(15-20)37(34,35)31-19-13-11-18(12-14-19)29-30-23(33)24(25,26)27/h7,9-15,17,29,31H,3-6,8,16H2,1-2H3,(H,28,32)(H,30,33). The van der Waals surface area contributed by atoms with Gasteiger partial charge in [-0.2, -0.15) is 13.2 Å². The molecule has 8 nitrogen and oxygen atoms in total. The molecule has 0 saturated carbocycles. The van der Waals surface area contributed by atoms with Crippen LogP contribution in [0.25, 0.3) is 0 Å². The van der Waals surface area contributed by atoms with Crippen molar-refractivity contribution in [2.24, 2.45) is 0 Å². The van der Waals surface area contributed by atoms with E-state index in [9.17, 15) is 31.2 Å². The van der Waals surface area contributed by atoms with Crippen molar-refractivity contribution < 1.29 is 31.2 Å². The second-order valence-electron chi connectivity index (χ2n) is 8.31. The summed E-state index contributed by atoms with van der Waals surface area (Å²) in [7, 11) is -4.02. The first kappa shape index (κ1) is 30.3. The topological polar surface area (TPSA) is 116 Å². The summed E-state index contributed by atoms with van der Waals surface area (Å²) in [4.78, 5) is 23.1. The lowest BCUT2D eigenvalue weighted by atomic mass is 10.1. The third-order valence-electron chi connectivity index (χ3n) is 5.11. The van der Waals surface area contributed by atoms with Crippen LogP contribution in [0, 0.1) is 0 Å². The second-order valence-corrected chi connectivity index (χ2v) is 11.4. The number of sulfonamides is 1. The van der Waals surface area contributed by atoms with Crippen molar-refractivity contribution in [2.45, 2.75) is 62.3 Å². The van der Waals surface area contributed by atoms with Crippen LogP contribution in [0.3, 0.4) is 0 Å². The summed E-state index contributed by atoms with van der Waals surface area (Å²) in [5, 5.41) is 3.06. The van der Waals surface area contributed by atoms with Gasteiger partial charge in [-0.1, -0.05) is 45.6 Å². The van der Waals surface area contributed by atoms with Crippen LogP contribution in [0.2, 0.25) is 0 Å². The Kier molecular flexibility index (Phi) is 11.6. The highest BCUT2D eigenvalue weighted by molar-refractivity contribution is 8.00. The number of hydrazine groups is 1. The lowest BCUT2D eigenvalue weighted by Crippen LogP contribution is -2.40. The molecule has 0 spiro atoms. The van der Waals surface area contributed by atoms with Crippen LogP contribution in [-0.2, 0) is 19.6 Å². The Bertz CT molecular complexity index is 1140. The Balaban J connectivity index is 1.90. The van der Waals surface area contributed by atoms with Gasteiger partial charge in [-0.25, -0.2) is 8.42 Å². The SMILES string of the molecule is CCCCCCC(C)SCC(=O)Nc1cccc(S(=O)(=O)Nc2ccc(NNC(=O)C(F)(F)F)cc2)c1. The van der Waals surface area contributed by atoms with Crippen LogP contribution >= 0.6 is 11.8 Å². The number of thioether (sulfide) groups is 1. The maximum atomic E-state index is 12.8. The first-order chi connectivity index (χ1) is 17.4. The highest BCUT2D eigenvalue weighted by Gasteiger charge is 2.38. The summed E-state index contributed by atoms with van der Waals surface area (Å²) in [6.07, 6.45) is 0.694. The molecular formula is C24H31F3N4O4S2. The normalized spacial score (nSPS) is 12.5. The first-order valence-electron chi connectivity index (χ1n) is 11.7. The van der Waals surface area contributed by atoms with Gasteiger partial charge in [-0.05, 0) is 48.9 Å². The van der Waals surface area contributed by atoms with Gasteiger partial charge in [0, 0.05) is 16.6 Å². The molecule has 1 atom stereocenters. The number of nitrogens with one attached hydrogen (secondary N) is 4. The van der Waals surface area contributed by atoms with E-state index in [0.717, 1.165) is 12.8 Å². The number of hydrogen-bond donors (Lipinski definition) is 4. The average molecular weight is 561 g/mol.